The van der Waals surface area contributed by atoms with Crippen molar-refractivity contribution in [2.24, 2.45) is 0 Å². The average Bonchev–Trinajstić information content (AvgIpc) is 2.80. The molecule has 0 aliphatic rings. The van der Waals surface area contributed by atoms with Gasteiger partial charge in [0.05, 0.1) is 0 Å². The molecule has 1 aromatic rings. The van der Waals surface area contributed by atoms with Gasteiger partial charge in [-0.05, 0) is 50.7 Å². The number of esters is 1. The van der Waals surface area contributed by atoms with Gasteiger partial charge >= 0.3 is 11.9 Å². The zero-order chi connectivity index (χ0) is 24.9. The Bertz CT molecular complexity index is 924. The van der Waals surface area contributed by atoms with Crippen molar-refractivity contribution < 1.29 is 28.2 Å². The van der Waals surface area contributed by atoms with Gasteiger partial charge in [0.15, 0.2) is 0 Å². The number of hydrogen-bond acceptors (Lipinski definition) is 3. The summed E-state index contributed by atoms with van der Waals surface area (Å²) in [6.07, 6.45) is 28.3. The lowest BCUT2D eigenvalue weighted by Crippen LogP contribution is -2.11. The van der Waals surface area contributed by atoms with E-state index in [-0.39, 0.29) is 17.7 Å². The third-order valence-electron chi connectivity index (χ3n) is 4.36. The molecule has 0 spiro atoms. The molecule has 0 saturated carbocycles. The number of carbonyl (C=O) groups excluding carboxylic acids is 1. The normalized spacial score (nSPS) is 12.4. The minimum atomic E-state index is -1.29. The highest BCUT2D eigenvalue weighted by molar-refractivity contribution is 5.92. The quantitative estimate of drug-likeness (QED) is 0.155. The molecule has 0 radical (unpaired) electrons. The zero-order valence-electron chi connectivity index (χ0n) is 19.2. The van der Waals surface area contributed by atoms with E-state index >= 15 is 0 Å². The monoisotopic (exact) mass is 470 g/mol. The number of ether oxygens (including phenoxy) is 1. The lowest BCUT2D eigenvalue weighted by molar-refractivity contribution is -0.134. The van der Waals surface area contributed by atoms with E-state index in [0.29, 0.717) is 6.42 Å². The van der Waals surface area contributed by atoms with Crippen molar-refractivity contribution >= 4 is 11.9 Å². The molecule has 1 rings (SSSR count). The number of allylic oxidation sites excluding steroid dienone is 12. The number of benzene rings is 1. The number of rotatable bonds is 16. The van der Waals surface area contributed by atoms with E-state index in [2.05, 4.69) is 36.5 Å². The van der Waals surface area contributed by atoms with Crippen molar-refractivity contribution in [1.29, 1.82) is 0 Å². The first-order valence-corrected chi connectivity index (χ1v) is 11.2. The fraction of sp³-hybridized carbons (Fsp3) is 0.286. The fourth-order valence-electron chi connectivity index (χ4n) is 2.67. The van der Waals surface area contributed by atoms with Gasteiger partial charge in [-0.15, -0.1) is 0 Å². The van der Waals surface area contributed by atoms with Crippen molar-refractivity contribution in [3.8, 4) is 5.75 Å². The molecule has 0 aromatic heterocycles. The number of hydrogen-bond donors (Lipinski definition) is 1. The molecule has 34 heavy (non-hydrogen) atoms. The summed E-state index contributed by atoms with van der Waals surface area (Å²) in [6.45, 7) is -0.413. The van der Waals surface area contributed by atoms with E-state index in [4.69, 9.17) is 9.84 Å². The van der Waals surface area contributed by atoms with Crippen LogP contribution in [0, 0.1) is 5.82 Å². The van der Waals surface area contributed by atoms with E-state index in [9.17, 15) is 18.4 Å². The van der Waals surface area contributed by atoms with Crippen molar-refractivity contribution in [3.05, 3.63) is 102 Å². The Morgan fingerprint density at radius 2 is 1.24 bits per heavy atom. The van der Waals surface area contributed by atoms with E-state index in [1.165, 1.54) is 6.08 Å². The second kappa shape index (κ2) is 19.0. The average molecular weight is 471 g/mol. The van der Waals surface area contributed by atoms with Crippen LogP contribution in [0.25, 0.3) is 0 Å². The second-order valence-corrected chi connectivity index (χ2v) is 7.12. The summed E-state index contributed by atoms with van der Waals surface area (Å²) in [6, 6.07) is 2.96. The van der Waals surface area contributed by atoms with Crippen LogP contribution < -0.4 is 4.74 Å². The minimum absolute atomic E-state index is 0.0675. The van der Waals surface area contributed by atoms with E-state index in [1.54, 1.807) is 6.08 Å². The second-order valence-electron chi connectivity index (χ2n) is 7.12. The smallest absolute Gasteiger partial charge is 0.339 e. The summed E-state index contributed by atoms with van der Waals surface area (Å²) in [7, 11) is 0. The first-order chi connectivity index (χ1) is 16.5. The molecule has 0 aliphatic heterocycles. The number of halogens is 2. The van der Waals surface area contributed by atoms with Gasteiger partial charge < -0.3 is 9.84 Å². The van der Waals surface area contributed by atoms with Crippen LogP contribution in [-0.2, 0) is 4.79 Å². The minimum Gasteiger partial charge on any atom is -0.478 e. The molecular formula is C28H32F2O4. The number of carbonyl (C=O) groups is 2. The Morgan fingerprint density at radius 3 is 1.71 bits per heavy atom. The highest BCUT2D eigenvalue weighted by Crippen LogP contribution is 2.20. The van der Waals surface area contributed by atoms with Gasteiger partial charge in [-0.3, -0.25) is 4.79 Å². The molecule has 1 N–H and O–H groups in total. The predicted molar refractivity (Wildman–Crippen MR) is 132 cm³/mol. The fourth-order valence-corrected chi connectivity index (χ4v) is 2.67. The van der Waals surface area contributed by atoms with Crippen LogP contribution in [0.4, 0.5) is 8.78 Å². The zero-order valence-corrected chi connectivity index (χ0v) is 19.2. The summed E-state index contributed by atoms with van der Waals surface area (Å²) >= 11 is 0. The molecule has 182 valence electrons. The van der Waals surface area contributed by atoms with Gasteiger partial charge in [0.2, 0.25) is 0 Å². The molecule has 0 saturated heterocycles. The number of alkyl halides is 1. The number of carboxylic acid groups (broad SMARTS) is 1. The van der Waals surface area contributed by atoms with Crippen molar-refractivity contribution in [1.82, 2.24) is 0 Å². The summed E-state index contributed by atoms with van der Waals surface area (Å²) in [5.41, 5.74) is -0.256. The highest BCUT2D eigenvalue weighted by atomic mass is 19.1. The predicted octanol–water partition coefficient (Wildman–Crippen LogP) is 7.47. The molecule has 0 heterocycles. The molecule has 0 fully saturated rings. The summed E-state index contributed by atoms with van der Waals surface area (Å²) in [5.74, 6) is -2.86. The Balaban J connectivity index is 2.14. The maximum atomic E-state index is 13.3. The van der Waals surface area contributed by atoms with E-state index in [1.807, 2.05) is 24.3 Å². The van der Waals surface area contributed by atoms with E-state index < -0.39 is 24.4 Å². The van der Waals surface area contributed by atoms with Crippen molar-refractivity contribution in [3.63, 3.8) is 0 Å². The first kappa shape index (κ1) is 28.5. The molecule has 6 heteroatoms. The van der Waals surface area contributed by atoms with Crippen LogP contribution in [0.3, 0.4) is 0 Å². The van der Waals surface area contributed by atoms with Crippen LogP contribution in [-0.4, -0.2) is 23.7 Å². The van der Waals surface area contributed by atoms with Crippen LogP contribution in [0.2, 0.25) is 0 Å². The van der Waals surface area contributed by atoms with Gasteiger partial charge in [0.25, 0.3) is 0 Å². The van der Waals surface area contributed by atoms with Gasteiger partial charge in [-0.25, -0.2) is 13.6 Å². The van der Waals surface area contributed by atoms with Gasteiger partial charge in [0, 0.05) is 12.5 Å². The van der Waals surface area contributed by atoms with Crippen LogP contribution in [0.5, 0.6) is 5.75 Å². The number of carboxylic acids is 1. The molecule has 4 nitrogen and oxygen atoms in total. The lowest BCUT2D eigenvalue weighted by atomic mass is 10.2. The van der Waals surface area contributed by atoms with Crippen LogP contribution in [0.1, 0.15) is 55.3 Å². The molecule has 0 bridgehead atoms. The Hall–Kier alpha value is -3.54. The molecule has 1 aromatic carbocycles. The summed E-state index contributed by atoms with van der Waals surface area (Å²) in [5, 5.41) is 9.06. The van der Waals surface area contributed by atoms with E-state index in [0.717, 1.165) is 50.3 Å². The molecule has 0 atom stereocenters. The van der Waals surface area contributed by atoms with Crippen LogP contribution in [0.15, 0.2) is 91.1 Å². The third-order valence-corrected chi connectivity index (χ3v) is 4.36. The molecular weight excluding hydrogens is 438 g/mol. The standard InChI is InChI=1S/C28H32F2O4/c29-22-18-16-14-12-10-8-6-4-2-1-3-5-7-9-11-13-15-17-19-27(31)34-26-23-24(30)20-21-25(26)28(32)33/h1,3-4,6-7,9-10,12-13,15-16,18,20-21,23H,2,5,8,11,14,17,19,22H2,(H,32,33)/b3-1-,6-4-,9-7-,12-10-,15-13-,18-16-. The SMILES string of the molecule is O=C(CC/C=C\C/C=C\C/C=C\C/C=C\C/C=C\C/C=C\CF)Oc1cc(F)ccc1C(=O)O. The van der Waals surface area contributed by atoms with Gasteiger partial charge in [0.1, 0.15) is 23.8 Å². The largest absolute Gasteiger partial charge is 0.478 e. The molecule has 0 unspecified atom stereocenters. The van der Waals surface area contributed by atoms with Crippen molar-refractivity contribution in [2.75, 3.05) is 6.67 Å². The number of aromatic carboxylic acids is 1. The maximum absolute atomic E-state index is 13.3. The van der Waals surface area contributed by atoms with Gasteiger partial charge in [-0.1, -0.05) is 72.9 Å². The summed E-state index contributed by atoms with van der Waals surface area (Å²) in [4.78, 5) is 23.0. The Labute approximate surface area is 200 Å². The third kappa shape index (κ3) is 14.5. The molecule has 0 amide bonds. The van der Waals surface area contributed by atoms with Gasteiger partial charge in [-0.2, -0.15) is 0 Å². The summed E-state index contributed by atoms with van der Waals surface area (Å²) < 4.78 is 30.1. The van der Waals surface area contributed by atoms with Crippen molar-refractivity contribution in [2.45, 2.75) is 44.9 Å². The lowest BCUT2D eigenvalue weighted by Gasteiger charge is -2.06. The Morgan fingerprint density at radius 1 is 0.765 bits per heavy atom. The first-order valence-electron chi connectivity index (χ1n) is 11.2. The molecule has 0 aliphatic carbocycles. The maximum Gasteiger partial charge on any atom is 0.339 e. The highest BCUT2D eigenvalue weighted by Gasteiger charge is 2.15. The Kier molecular flexibility index (Phi) is 15.9. The van der Waals surface area contributed by atoms with Crippen LogP contribution >= 0.6 is 0 Å². The topological polar surface area (TPSA) is 63.6 Å².